The highest BCUT2D eigenvalue weighted by atomic mass is 15.2. The van der Waals surface area contributed by atoms with Crippen LogP contribution >= 0.6 is 0 Å². The highest BCUT2D eigenvalue weighted by Gasteiger charge is 2.28. The van der Waals surface area contributed by atoms with Gasteiger partial charge in [0.25, 0.3) is 0 Å². The molecule has 94 valence electrons. The third-order valence-electron chi connectivity index (χ3n) is 4.07. The lowest BCUT2D eigenvalue weighted by atomic mass is 9.96. The number of benzene rings is 1. The van der Waals surface area contributed by atoms with Gasteiger partial charge in [0.05, 0.1) is 13.1 Å². The van der Waals surface area contributed by atoms with E-state index in [-0.39, 0.29) is 0 Å². The number of hydrogen-bond acceptors (Lipinski definition) is 0. The molecule has 17 heavy (non-hydrogen) atoms. The second-order valence-corrected chi connectivity index (χ2v) is 5.61. The lowest BCUT2D eigenvalue weighted by Gasteiger charge is -2.33. The summed E-state index contributed by atoms with van der Waals surface area (Å²) >= 11 is 0. The standard InChI is InChI=1S/C15H24N2/c1-12-5-7-14(8-6-12)15(10-16)17-9-3-4-13(2)11-17/h5-8,13,15H,3-4,9-11,16H2,1-2H3/p+2/t13-,15-/m0/s1. The van der Waals surface area contributed by atoms with Gasteiger partial charge in [-0.05, 0) is 19.8 Å². The number of nitrogens with one attached hydrogen (secondary N) is 1. The van der Waals surface area contributed by atoms with Crippen molar-refractivity contribution in [3.63, 3.8) is 0 Å². The zero-order chi connectivity index (χ0) is 12.3. The second-order valence-electron chi connectivity index (χ2n) is 5.61. The van der Waals surface area contributed by atoms with Gasteiger partial charge in [0.15, 0.2) is 6.04 Å². The smallest absolute Gasteiger partial charge is 0.162 e. The lowest BCUT2D eigenvalue weighted by Crippen LogP contribution is -3.15. The van der Waals surface area contributed by atoms with Crippen LogP contribution < -0.4 is 10.6 Å². The highest BCUT2D eigenvalue weighted by molar-refractivity contribution is 5.23. The Bertz CT molecular complexity index is 344. The molecule has 1 aliphatic rings. The molecule has 1 aliphatic heterocycles. The van der Waals surface area contributed by atoms with Gasteiger partial charge in [0, 0.05) is 11.5 Å². The van der Waals surface area contributed by atoms with Crippen molar-refractivity contribution < 1.29 is 10.6 Å². The van der Waals surface area contributed by atoms with Gasteiger partial charge in [-0.1, -0.05) is 36.8 Å². The molecule has 1 aromatic rings. The topological polar surface area (TPSA) is 32.1 Å². The largest absolute Gasteiger partial charge is 0.352 e. The molecule has 0 aromatic heterocycles. The fourth-order valence-corrected chi connectivity index (χ4v) is 3.05. The molecule has 3 atom stereocenters. The van der Waals surface area contributed by atoms with Gasteiger partial charge in [-0.3, -0.25) is 0 Å². The molecule has 2 heteroatoms. The molecule has 1 saturated heterocycles. The minimum atomic E-state index is 0.596. The Morgan fingerprint density at radius 1 is 1.35 bits per heavy atom. The third-order valence-corrected chi connectivity index (χ3v) is 4.07. The number of piperidine rings is 1. The van der Waals surface area contributed by atoms with Gasteiger partial charge in [0.2, 0.25) is 0 Å². The zero-order valence-corrected chi connectivity index (χ0v) is 11.2. The van der Waals surface area contributed by atoms with Crippen LogP contribution in [-0.4, -0.2) is 19.6 Å². The minimum Gasteiger partial charge on any atom is -0.352 e. The molecule has 1 fully saturated rings. The first kappa shape index (κ1) is 12.6. The van der Waals surface area contributed by atoms with Gasteiger partial charge < -0.3 is 10.6 Å². The third kappa shape index (κ3) is 3.08. The van der Waals surface area contributed by atoms with E-state index in [1.54, 1.807) is 4.90 Å². The number of aryl methyl sites for hydroxylation is 1. The fraction of sp³-hybridized carbons (Fsp3) is 0.600. The van der Waals surface area contributed by atoms with Crippen LogP contribution in [0.25, 0.3) is 0 Å². The number of likely N-dealkylation sites (tertiary alicyclic amines) is 1. The van der Waals surface area contributed by atoms with E-state index in [1.807, 2.05) is 0 Å². The average molecular weight is 234 g/mol. The summed E-state index contributed by atoms with van der Waals surface area (Å²) in [6.45, 7) is 8.17. The van der Waals surface area contributed by atoms with E-state index in [2.05, 4.69) is 43.8 Å². The van der Waals surface area contributed by atoms with Crippen molar-refractivity contribution in [2.75, 3.05) is 19.6 Å². The van der Waals surface area contributed by atoms with Gasteiger partial charge in [-0.15, -0.1) is 0 Å². The number of rotatable bonds is 3. The average Bonchev–Trinajstić information content (AvgIpc) is 2.33. The minimum absolute atomic E-state index is 0.596. The lowest BCUT2D eigenvalue weighted by molar-refractivity contribution is -0.945. The van der Waals surface area contributed by atoms with Crippen molar-refractivity contribution in [1.82, 2.24) is 0 Å². The molecule has 4 N–H and O–H groups in total. The van der Waals surface area contributed by atoms with E-state index in [9.17, 15) is 0 Å². The van der Waals surface area contributed by atoms with Crippen molar-refractivity contribution in [1.29, 1.82) is 0 Å². The Morgan fingerprint density at radius 3 is 2.65 bits per heavy atom. The van der Waals surface area contributed by atoms with E-state index in [0.29, 0.717) is 6.04 Å². The molecular formula is C15H26N2+2. The van der Waals surface area contributed by atoms with Crippen LogP contribution in [0.5, 0.6) is 0 Å². The molecule has 0 radical (unpaired) electrons. The van der Waals surface area contributed by atoms with Crippen molar-refractivity contribution in [2.45, 2.75) is 32.7 Å². The summed E-state index contributed by atoms with van der Waals surface area (Å²) in [5.74, 6) is 0.873. The van der Waals surface area contributed by atoms with E-state index in [0.717, 1.165) is 12.5 Å². The molecule has 0 aliphatic carbocycles. The molecule has 0 amide bonds. The molecule has 0 spiro atoms. The monoisotopic (exact) mass is 234 g/mol. The van der Waals surface area contributed by atoms with Crippen LogP contribution in [0, 0.1) is 12.8 Å². The predicted octanol–water partition coefficient (Wildman–Crippen LogP) is 0.593. The Kier molecular flexibility index (Phi) is 4.19. The van der Waals surface area contributed by atoms with Gasteiger partial charge in [-0.25, -0.2) is 0 Å². The van der Waals surface area contributed by atoms with Gasteiger partial charge in [0.1, 0.15) is 6.54 Å². The molecule has 0 bridgehead atoms. The Hall–Kier alpha value is -0.860. The van der Waals surface area contributed by atoms with Crippen LogP contribution in [0.1, 0.15) is 36.9 Å². The molecule has 1 heterocycles. The molecular weight excluding hydrogens is 208 g/mol. The van der Waals surface area contributed by atoms with E-state index in [1.165, 1.54) is 37.1 Å². The van der Waals surface area contributed by atoms with Crippen molar-refractivity contribution in [3.05, 3.63) is 35.4 Å². The molecule has 2 nitrogen and oxygen atoms in total. The fourth-order valence-electron chi connectivity index (χ4n) is 3.05. The summed E-state index contributed by atoms with van der Waals surface area (Å²) in [6.07, 6.45) is 2.78. The first-order chi connectivity index (χ1) is 8.20. The van der Waals surface area contributed by atoms with Gasteiger partial charge in [-0.2, -0.15) is 0 Å². The van der Waals surface area contributed by atoms with E-state index < -0.39 is 0 Å². The number of quaternary nitrogens is 2. The van der Waals surface area contributed by atoms with E-state index >= 15 is 0 Å². The van der Waals surface area contributed by atoms with Gasteiger partial charge >= 0.3 is 0 Å². The van der Waals surface area contributed by atoms with Crippen molar-refractivity contribution >= 4 is 0 Å². The first-order valence-electron chi connectivity index (χ1n) is 6.91. The number of hydrogen-bond donors (Lipinski definition) is 2. The summed E-state index contributed by atoms with van der Waals surface area (Å²) in [5.41, 5.74) is 6.98. The normalized spacial score (nSPS) is 26.8. The summed E-state index contributed by atoms with van der Waals surface area (Å²) in [4.78, 5) is 1.74. The predicted molar refractivity (Wildman–Crippen MR) is 70.8 cm³/mol. The van der Waals surface area contributed by atoms with E-state index in [4.69, 9.17) is 0 Å². The maximum absolute atomic E-state index is 4.16. The van der Waals surface area contributed by atoms with Crippen LogP contribution in [-0.2, 0) is 0 Å². The first-order valence-corrected chi connectivity index (χ1v) is 6.91. The molecule has 0 saturated carbocycles. The van der Waals surface area contributed by atoms with Crippen LogP contribution in [0.4, 0.5) is 0 Å². The second kappa shape index (κ2) is 5.65. The van der Waals surface area contributed by atoms with Crippen LogP contribution in [0.3, 0.4) is 0 Å². The summed E-state index contributed by atoms with van der Waals surface area (Å²) in [6, 6.07) is 9.63. The zero-order valence-electron chi connectivity index (χ0n) is 11.2. The molecule has 1 aromatic carbocycles. The highest BCUT2D eigenvalue weighted by Crippen LogP contribution is 2.13. The summed E-state index contributed by atoms with van der Waals surface area (Å²) < 4.78 is 0. The van der Waals surface area contributed by atoms with Crippen molar-refractivity contribution in [3.8, 4) is 0 Å². The Labute approximate surface area is 105 Å². The summed E-state index contributed by atoms with van der Waals surface area (Å²) in [7, 11) is 0. The maximum atomic E-state index is 4.16. The Morgan fingerprint density at radius 2 is 2.06 bits per heavy atom. The van der Waals surface area contributed by atoms with Crippen LogP contribution in [0.2, 0.25) is 0 Å². The molecule has 1 unspecified atom stereocenters. The van der Waals surface area contributed by atoms with Crippen molar-refractivity contribution in [2.24, 2.45) is 5.92 Å². The summed E-state index contributed by atoms with van der Waals surface area (Å²) in [5, 5.41) is 0. The maximum Gasteiger partial charge on any atom is 0.162 e. The van der Waals surface area contributed by atoms with Crippen LogP contribution in [0.15, 0.2) is 24.3 Å². The SMILES string of the molecule is Cc1ccc([C@H](C[NH3+])[NH+]2CCC[C@H](C)C2)cc1. The Balaban J connectivity index is 2.12. The quantitative estimate of drug-likeness (QED) is 0.767. The molecule has 2 rings (SSSR count).